The quantitative estimate of drug-likeness (QED) is 0.854. The third-order valence-corrected chi connectivity index (χ3v) is 3.52. The minimum absolute atomic E-state index is 0.0510. The van der Waals surface area contributed by atoms with Crippen LogP contribution in [0.4, 0.5) is 0 Å². The molecule has 0 heterocycles. The van der Waals surface area contributed by atoms with Gasteiger partial charge in [0.1, 0.15) is 0 Å². The second-order valence-corrected chi connectivity index (χ2v) is 5.82. The van der Waals surface area contributed by atoms with Crippen molar-refractivity contribution in [3.63, 3.8) is 0 Å². The van der Waals surface area contributed by atoms with Gasteiger partial charge >= 0.3 is 0 Å². The Morgan fingerprint density at radius 3 is 2.62 bits per heavy atom. The minimum Gasteiger partial charge on any atom is -0.388 e. The lowest BCUT2D eigenvalue weighted by molar-refractivity contribution is -0.121. The van der Waals surface area contributed by atoms with Crippen molar-refractivity contribution in [2.75, 3.05) is 6.54 Å². The Balaban J connectivity index is 1.96. The summed E-state index contributed by atoms with van der Waals surface area (Å²) in [7, 11) is 0. The molecule has 2 rings (SSSR count). The third kappa shape index (κ3) is 4.30. The molecule has 0 aliphatic carbocycles. The molecule has 0 spiro atoms. The van der Waals surface area contributed by atoms with Crippen molar-refractivity contribution >= 4 is 16.7 Å². The van der Waals surface area contributed by atoms with Crippen molar-refractivity contribution in [2.45, 2.75) is 32.8 Å². The van der Waals surface area contributed by atoms with Gasteiger partial charge in [-0.1, -0.05) is 56.3 Å². The van der Waals surface area contributed by atoms with Crippen LogP contribution in [0, 0.1) is 5.92 Å². The molecule has 0 fully saturated rings. The molecule has 0 aromatic heterocycles. The Morgan fingerprint density at radius 1 is 1.14 bits per heavy atom. The standard InChI is InChI=1S/C18H23NO2/c1-13(2)12-18(21)19-11-10-17(20)16-9-5-7-14-6-3-4-8-15(14)16/h3-9,13,17,20H,10-12H2,1-2H3,(H,19,21). The molecule has 1 amide bonds. The molecule has 0 bridgehead atoms. The minimum atomic E-state index is -0.560. The number of hydrogen-bond acceptors (Lipinski definition) is 2. The Morgan fingerprint density at radius 2 is 1.86 bits per heavy atom. The van der Waals surface area contributed by atoms with E-state index in [0.717, 1.165) is 16.3 Å². The summed E-state index contributed by atoms with van der Waals surface area (Å²) < 4.78 is 0. The zero-order chi connectivity index (χ0) is 15.2. The fraction of sp³-hybridized carbons (Fsp3) is 0.389. The van der Waals surface area contributed by atoms with E-state index in [9.17, 15) is 9.90 Å². The Kier molecular flexibility index (Phi) is 5.34. The van der Waals surface area contributed by atoms with Gasteiger partial charge in [-0.3, -0.25) is 4.79 Å². The van der Waals surface area contributed by atoms with E-state index in [4.69, 9.17) is 0 Å². The summed E-state index contributed by atoms with van der Waals surface area (Å²) in [6.07, 6.45) is 0.498. The molecule has 1 atom stereocenters. The van der Waals surface area contributed by atoms with Gasteiger partial charge in [0.2, 0.25) is 5.91 Å². The molecule has 3 heteroatoms. The molecule has 0 radical (unpaired) electrons. The number of rotatable bonds is 6. The zero-order valence-electron chi connectivity index (χ0n) is 12.7. The first-order valence-electron chi connectivity index (χ1n) is 7.50. The van der Waals surface area contributed by atoms with Gasteiger partial charge in [0.25, 0.3) is 0 Å². The molecule has 0 saturated carbocycles. The van der Waals surface area contributed by atoms with Crippen molar-refractivity contribution in [3.8, 4) is 0 Å². The van der Waals surface area contributed by atoms with E-state index >= 15 is 0 Å². The van der Waals surface area contributed by atoms with Crippen LogP contribution in [0.25, 0.3) is 10.8 Å². The van der Waals surface area contributed by atoms with Crippen LogP contribution in [-0.2, 0) is 4.79 Å². The van der Waals surface area contributed by atoms with Crippen LogP contribution in [0.3, 0.4) is 0 Å². The Bertz CT molecular complexity index is 602. The van der Waals surface area contributed by atoms with Crippen LogP contribution >= 0.6 is 0 Å². The van der Waals surface area contributed by atoms with Gasteiger partial charge in [0, 0.05) is 13.0 Å². The maximum absolute atomic E-state index is 11.6. The monoisotopic (exact) mass is 285 g/mol. The van der Waals surface area contributed by atoms with Gasteiger partial charge in [-0.15, -0.1) is 0 Å². The van der Waals surface area contributed by atoms with Crippen LogP contribution < -0.4 is 5.32 Å². The van der Waals surface area contributed by atoms with E-state index in [0.29, 0.717) is 25.3 Å². The average molecular weight is 285 g/mol. The summed E-state index contributed by atoms with van der Waals surface area (Å²) >= 11 is 0. The van der Waals surface area contributed by atoms with Crippen LogP contribution in [-0.4, -0.2) is 17.6 Å². The number of fused-ring (bicyclic) bond motifs is 1. The number of nitrogens with one attached hydrogen (secondary N) is 1. The molecule has 3 nitrogen and oxygen atoms in total. The predicted octanol–water partition coefficient (Wildman–Crippen LogP) is 3.43. The second kappa shape index (κ2) is 7.23. The molecule has 21 heavy (non-hydrogen) atoms. The van der Waals surface area contributed by atoms with E-state index in [1.54, 1.807) is 0 Å². The van der Waals surface area contributed by atoms with Gasteiger partial charge in [-0.05, 0) is 28.7 Å². The first kappa shape index (κ1) is 15.5. The van der Waals surface area contributed by atoms with Crippen LogP contribution in [0.2, 0.25) is 0 Å². The lowest BCUT2D eigenvalue weighted by Crippen LogP contribution is -2.26. The summed E-state index contributed by atoms with van der Waals surface area (Å²) in [5.74, 6) is 0.406. The van der Waals surface area contributed by atoms with E-state index in [1.165, 1.54) is 0 Å². The number of carbonyl (C=O) groups excluding carboxylic acids is 1. The van der Waals surface area contributed by atoms with E-state index in [1.807, 2.05) is 56.3 Å². The van der Waals surface area contributed by atoms with Crippen molar-refractivity contribution in [3.05, 3.63) is 48.0 Å². The molecule has 0 saturated heterocycles. The fourth-order valence-corrected chi connectivity index (χ4v) is 2.49. The number of carbonyl (C=O) groups is 1. The van der Waals surface area contributed by atoms with Crippen molar-refractivity contribution in [1.29, 1.82) is 0 Å². The van der Waals surface area contributed by atoms with Gasteiger partial charge < -0.3 is 10.4 Å². The first-order valence-corrected chi connectivity index (χ1v) is 7.50. The summed E-state index contributed by atoms with van der Waals surface area (Å²) in [6.45, 7) is 4.53. The number of amides is 1. The van der Waals surface area contributed by atoms with Crippen LogP contribution in [0.1, 0.15) is 38.4 Å². The van der Waals surface area contributed by atoms with Crippen LogP contribution in [0.5, 0.6) is 0 Å². The van der Waals surface area contributed by atoms with Crippen LogP contribution in [0.15, 0.2) is 42.5 Å². The molecular weight excluding hydrogens is 262 g/mol. The molecule has 2 aromatic carbocycles. The summed E-state index contributed by atoms with van der Waals surface area (Å²) in [6, 6.07) is 14.0. The third-order valence-electron chi connectivity index (χ3n) is 3.52. The lowest BCUT2D eigenvalue weighted by Gasteiger charge is -2.14. The highest BCUT2D eigenvalue weighted by Gasteiger charge is 2.11. The molecule has 0 aliphatic rings. The highest BCUT2D eigenvalue weighted by molar-refractivity contribution is 5.86. The lowest BCUT2D eigenvalue weighted by atomic mass is 9.99. The van der Waals surface area contributed by atoms with Crippen molar-refractivity contribution in [2.24, 2.45) is 5.92 Å². The molecule has 2 aromatic rings. The SMILES string of the molecule is CC(C)CC(=O)NCCC(O)c1cccc2ccccc12. The number of aliphatic hydroxyl groups excluding tert-OH is 1. The van der Waals surface area contributed by atoms with E-state index < -0.39 is 6.10 Å². The highest BCUT2D eigenvalue weighted by Crippen LogP contribution is 2.25. The summed E-state index contributed by atoms with van der Waals surface area (Å²) in [5.41, 5.74) is 0.922. The average Bonchev–Trinajstić information content (AvgIpc) is 2.45. The number of aliphatic hydroxyl groups is 1. The van der Waals surface area contributed by atoms with Gasteiger partial charge in [0.15, 0.2) is 0 Å². The van der Waals surface area contributed by atoms with E-state index in [-0.39, 0.29) is 5.91 Å². The molecule has 1 unspecified atom stereocenters. The smallest absolute Gasteiger partial charge is 0.220 e. The highest BCUT2D eigenvalue weighted by atomic mass is 16.3. The maximum Gasteiger partial charge on any atom is 0.220 e. The van der Waals surface area contributed by atoms with Gasteiger partial charge in [-0.2, -0.15) is 0 Å². The van der Waals surface area contributed by atoms with E-state index in [2.05, 4.69) is 5.32 Å². The predicted molar refractivity (Wildman–Crippen MR) is 86.0 cm³/mol. The molecule has 112 valence electrons. The Hall–Kier alpha value is -1.87. The normalized spacial score (nSPS) is 12.6. The maximum atomic E-state index is 11.6. The largest absolute Gasteiger partial charge is 0.388 e. The number of benzene rings is 2. The summed E-state index contributed by atoms with van der Waals surface area (Å²) in [5, 5.41) is 15.4. The molecular formula is C18H23NO2. The zero-order valence-corrected chi connectivity index (χ0v) is 12.7. The second-order valence-electron chi connectivity index (χ2n) is 5.82. The summed E-state index contributed by atoms with van der Waals surface area (Å²) in [4.78, 5) is 11.6. The fourth-order valence-electron chi connectivity index (χ4n) is 2.49. The van der Waals surface area contributed by atoms with Gasteiger partial charge in [-0.25, -0.2) is 0 Å². The van der Waals surface area contributed by atoms with Crippen molar-refractivity contribution in [1.82, 2.24) is 5.32 Å². The first-order chi connectivity index (χ1) is 10.1. The Labute approximate surface area is 126 Å². The topological polar surface area (TPSA) is 49.3 Å². The van der Waals surface area contributed by atoms with Gasteiger partial charge in [0.05, 0.1) is 6.10 Å². The molecule has 2 N–H and O–H groups in total. The molecule has 0 aliphatic heterocycles. The van der Waals surface area contributed by atoms with Crippen molar-refractivity contribution < 1.29 is 9.90 Å². The number of hydrogen-bond donors (Lipinski definition) is 2.